The smallest absolute Gasteiger partial charge is 0.277 e. The minimum absolute atomic E-state index is 0.0533. The van der Waals surface area contributed by atoms with Crippen molar-refractivity contribution in [3.05, 3.63) is 63.1 Å². The first-order valence-electron chi connectivity index (χ1n) is 9.45. The van der Waals surface area contributed by atoms with E-state index in [-0.39, 0.29) is 17.3 Å². The summed E-state index contributed by atoms with van der Waals surface area (Å²) in [5, 5.41) is 4.63. The second kappa shape index (κ2) is 7.86. The maximum Gasteiger partial charge on any atom is 0.277 e. The largest absolute Gasteiger partial charge is 0.307 e. The van der Waals surface area contributed by atoms with E-state index in [4.69, 9.17) is 0 Å². The predicted octanol–water partition coefficient (Wildman–Crippen LogP) is 3.49. The van der Waals surface area contributed by atoms with Crippen LogP contribution < -0.4 is 5.56 Å². The molecule has 1 N–H and O–H groups in total. The van der Waals surface area contributed by atoms with Crippen molar-refractivity contribution in [3.63, 3.8) is 0 Å². The van der Waals surface area contributed by atoms with Crippen LogP contribution in [-0.2, 0) is 11.2 Å². The fraction of sp³-hybridized carbons (Fsp3) is 0.429. The normalized spacial score (nSPS) is 12.4. The minimum Gasteiger partial charge on any atom is -0.307 e. The Bertz CT molecular complexity index is 1020. The number of aromatic amines is 1. The van der Waals surface area contributed by atoms with Crippen LogP contribution >= 0.6 is 0 Å². The Morgan fingerprint density at radius 2 is 1.93 bits per heavy atom. The van der Waals surface area contributed by atoms with Gasteiger partial charge in [-0.15, -0.1) is 0 Å². The quantitative estimate of drug-likeness (QED) is 0.694. The van der Waals surface area contributed by atoms with Gasteiger partial charge in [0.05, 0.1) is 11.6 Å². The molecule has 1 aromatic carbocycles. The van der Waals surface area contributed by atoms with Crippen molar-refractivity contribution in [3.8, 4) is 0 Å². The number of nitrogens with zero attached hydrogens (tertiary/aromatic N) is 3. The van der Waals surface area contributed by atoms with Gasteiger partial charge in [-0.3, -0.25) is 9.59 Å². The minimum atomic E-state index is -0.340. The number of aryl methyl sites for hydroxylation is 2. The molecular formula is C21H26N4O2. The van der Waals surface area contributed by atoms with Gasteiger partial charge in [-0.1, -0.05) is 49.6 Å². The summed E-state index contributed by atoms with van der Waals surface area (Å²) in [6.07, 6.45) is 3.16. The van der Waals surface area contributed by atoms with E-state index in [9.17, 15) is 9.59 Å². The first kappa shape index (κ1) is 19.0. The average molecular weight is 366 g/mol. The summed E-state index contributed by atoms with van der Waals surface area (Å²) < 4.78 is 1.58. The van der Waals surface area contributed by atoms with Crippen LogP contribution in [0.5, 0.6) is 0 Å². The molecule has 0 aliphatic rings. The fourth-order valence-corrected chi connectivity index (χ4v) is 3.36. The highest BCUT2D eigenvalue weighted by Gasteiger charge is 2.25. The number of imidazole rings is 1. The third-order valence-corrected chi connectivity index (χ3v) is 4.89. The zero-order valence-corrected chi connectivity index (χ0v) is 16.4. The van der Waals surface area contributed by atoms with Crippen LogP contribution in [0.1, 0.15) is 67.5 Å². The molecule has 2 aromatic heterocycles. The molecule has 0 bridgehead atoms. The van der Waals surface area contributed by atoms with Crippen LogP contribution in [-0.4, -0.2) is 25.4 Å². The molecule has 3 rings (SSSR count). The Hall–Kier alpha value is -2.76. The van der Waals surface area contributed by atoms with E-state index in [0.29, 0.717) is 35.7 Å². The SMILES string of the molecule is CCCCC(C(C)=O)c1nc(C)c2c(=O)[nH]c(Cc3ccc(C)cc3)nn12. The Kier molecular flexibility index (Phi) is 5.54. The number of hydrogen-bond donors (Lipinski definition) is 1. The van der Waals surface area contributed by atoms with Crippen LogP contribution in [0.15, 0.2) is 29.1 Å². The molecule has 2 heterocycles. The van der Waals surface area contributed by atoms with Crippen LogP contribution in [0.3, 0.4) is 0 Å². The average Bonchev–Trinajstić information content (AvgIpc) is 2.94. The second-order valence-electron chi connectivity index (χ2n) is 7.18. The van der Waals surface area contributed by atoms with Crippen molar-refractivity contribution in [1.29, 1.82) is 0 Å². The van der Waals surface area contributed by atoms with E-state index < -0.39 is 0 Å². The topological polar surface area (TPSA) is 80.1 Å². The molecule has 1 atom stereocenters. The first-order valence-corrected chi connectivity index (χ1v) is 9.45. The lowest BCUT2D eigenvalue weighted by molar-refractivity contribution is -0.118. The van der Waals surface area contributed by atoms with E-state index in [2.05, 4.69) is 22.0 Å². The van der Waals surface area contributed by atoms with Gasteiger partial charge >= 0.3 is 0 Å². The van der Waals surface area contributed by atoms with Gasteiger partial charge in [0.1, 0.15) is 17.4 Å². The molecule has 6 heteroatoms. The molecule has 0 fully saturated rings. The number of benzene rings is 1. The van der Waals surface area contributed by atoms with Crippen molar-refractivity contribution in [2.45, 2.75) is 59.3 Å². The standard InChI is InChI=1S/C21H26N4O2/c1-5-6-7-17(15(4)26)20-22-14(3)19-21(27)23-18(24-25(19)20)12-16-10-8-13(2)9-11-16/h8-11,17H,5-7,12H2,1-4H3,(H,23,24,27). The van der Waals surface area contributed by atoms with Gasteiger partial charge in [-0.05, 0) is 32.8 Å². The van der Waals surface area contributed by atoms with E-state index >= 15 is 0 Å². The number of aromatic nitrogens is 4. The number of ketones is 1. The molecule has 0 aliphatic heterocycles. The molecule has 6 nitrogen and oxygen atoms in total. The van der Waals surface area contributed by atoms with Gasteiger partial charge in [-0.25, -0.2) is 9.50 Å². The number of H-pyrrole nitrogens is 1. The summed E-state index contributed by atoms with van der Waals surface area (Å²) in [6, 6.07) is 8.13. The molecule has 0 saturated heterocycles. The van der Waals surface area contributed by atoms with Crippen molar-refractivity contribution in [1.82, 2.24) is 19.6 Å². The van der Waals surface area contributed by atoms with Gasteiger partial charge in [0, 0.05) is 6.42 Å². The number of rotatable bonds is 7. The molecule has 27 heavy (non-hydrogen) atoms. The Morgan fingerprint density at radius 1 is 1.22 bits per heavy atom. The number of fused-ring (bicyclic) bond motifs is 1. The highest BCUT2D eigenvalue weighted by atomic mass is 16.1. The van der Waals surface area contributed by atoms with Gasteiger partial charge in [0.15, 0.2) is 5.52 Å². The van der Waals surface area contributed by atoms with Gasteiger partial charge in [-0.2, -0.15) is 5.10 Å². The maximum atomic E-state index is 12.6. The highest BCUT2D eigenvalue weighted by Crippen LogP contribution is 2.23. The summed E-state index contributed by atoms with van der Waals surface area (Å²) in [5.74, 6) is 0.845. The number of hydrogen-bond acceptors (Lipinski definition) is 4. The summed E-state index contributed by atoms with van der Waals surface area (Å²) in [7, 11) is 0. The van der Waals surface area contributed by atoms with E-state index in [1.54, 1.807) is 18.4 Å². The Morgan fingerprint density at radius 3 is 2.56 bits per heavy atom. The molecule has 142 valence electrons. The van der Waals surface area contributed by atoms with Crippen LogP contribution in [0.25, 0.3) is 5.52 Å². The molecule has 0 amide bonds. The van der Waals surface area contributed by atoms with Crippen molar-refractivity contribution < 1.29 is 4.79 Å². The highest BCUT2D eigenvalue weighted by molar-refractivity contribution is 5.82. The zero-order valence-electron chi connectivity index (χ0n) is 16.4. The lowest BCUT2D eigenvalue weighted by Gasteiger charge is -2.12. The first-order chi connectivity index (χ1) is 12.9. The Balaban J connectivity index is 2.07. The summed E-state index contributed by atoms with van der Waals surface area (Å²) in [4.78, 5) is 32.3. The zero-order chi connectivity index (χ0) is 19.6. The van der Waals surface area contributed by atoms with E-state index in [1.807, 2.05) is 31.2 Å². The van der Waals surface area contributed by atoms with Crippen molar-refractivity contribution in [2.24, 2.45) is 0 Å². The van der Waals surface area contributed by atoms with Crippen LogP contribution in [0.2, 0.25) is 0 Å². The summed E-state index contributed by atoms with van der Waals surface area (Å²) >= 11 is 0. The van der Waals surface area contributed by atoms with E-state index in [0.717, 1.165) is 18.4 Å². The summed E-state index contributed by atoms with van der Waals surface area (Å²) in [5.41, 5.74) is 3.05. The molecule has 0 radical (unpaired) electrons. The monoisotopic (exact) mass is 366 g/mol. The van der Waals surface area contributed by atoms with Gasteiger partial charge in [0.25, 0.3) is 5.56 Å². The van der Waals surface area contributed by atoms with Crippen LogP contribution in [0, 0.1) is 13.8 Å². The van der Waals surface area contributed by atoms with Gasteiger partial charge < -0.3 is 4.98 Å². The third kappa shape index (κ3) is 3.99. The molecule has 0 spiro atoms. The van der Waals surface area contributed by atoms with Gasteiger partial charge in [0.2, 0.25) is 0 Å². The van der Waals surface area contributed by atoms with Crippen molar-refractivity contribution in [2.75, 3.05) is 0 Å². The molecular weight excluding hydrogens is 340 g/mol. The number of carbonyl (C=O) groups excluding carboxylic acids is 1. The van der Waals surface area contributed by atoms with Crippen LogP contribution in [0.4, 0.5) is 0 Å². The molecule has 0 saturated carbocycles. The predicted molar refractivity (Wildman–Crippen MR) is 105 cm³/mol. The molecule has 1 unspecified atom stereocenters. The lowest BCUT2D eigenvalue weighted by Crippen LogP contribution is -2.20. The third-order valence-electron chi connectivity index (χ3n) is 4.89. The summed E-state index contributed by atoms with van der Waals surface area (Å²) in [6.45, 7) is 7.49. The number of nitrogens with one attached hydrogen (secondary N) is 1. The molecule has 3 aromatic rings. The second-order valence-corrected chi connectivity index (χ2v) is 7.18. The number of carbonyl (C=O) groups is 1. The number of Topliss-reactive ketones (excluding diaryl/α,β-unsaturated/α-hetero) is 1. The fourth-order valence-electron chi connectivity index (χ4n) is 3.36. The molecule has 0 aliphatic carbocycles. The number of unbranched alkanes of at least 4 members (excludes halogenated alkanes) is 1. The Labute approximate surface area is 158 Å². The van der Waals surface area contributed by atoms with E-state index in [1.165, 1.54) is 5.56 Å². The maximum absolute atomic E-state index is 12.6. The lowest BCUT2D eigenvalue weighted by atomic mass is 9.97. The van der Waals surface area contributed by atoms with Crippen molar-refractivity contribution >= 4 is 11.3 Å².